The number of benzene rings is 4. The van der Waals surface area contributed by atoms with Crippen molar-refractivity contribution < 1.29 is 23.8 Å². The molecule has 4 aromatic carbocycles. The third kappa shape index (κ3) is 8.03. The largest absolute Gasteiger partial charge is 0.449 e. The molecule has 240 valence electrons. The van der Waals surface area contributed by atoms with Crippen molar-refractivity contribution in [3.8, 4) is 11.1 Å². The molecule has 0 bridgehead atoms. The molecule has 4 aromatic rings. The average molecular weight is 621 g/mol. The maximum Gasteiger partial charge on any atom is 0.407 e. The number of hydrogen-bond donors (Lipinski definition) is 1. The van der Waals surface area contributed by atoms with E-state index in [1.165, 1.54) is 11.1 Å². The lowest BCUT2D eigenvalue weighted by Crippen LogP contribution is -2.50. The number of amides is 2. The molecule has 0 fully saturated rings. The number of carbonyl (C=O) groups is 2. The number of ether oxygens (including phenoxy) is 3. The average Bonchev–Trinajstić information content (AvgIpc) is 3.41. The van der Waals surface area contributed by atoms with Crippen molar-refractivity contribution >= 4 is 12.0 Å². The van der Waals surface area contributed by atoms with Crippen LogP contribution < -0.4 is 5.32 Å². The normalized spacial score (nSPS) is 12.9. The number of carbonyl (C=O) groups excluding carboxylic acids is 2. The van der Waals surface area contributed by atoms with Gasteiger partial charge in [-0.25, -0.2) is 4.79 Å². The summed E-state index contributed by atoms with van der Waals surface area (Å²) in [6.45, 7) is 7.28. The molecular formula is C39H44N2O5. The van der Waals surface area contributed by atoms with Gasteiger partial charge in [-0.15, -0.1) is 0 Å². The van der Waals surface area contributed by atoms with Crippen LogP contribution >= 0.6 is 0 Å². The molecule has 0 saturated heterocycles. The van der Waals surface area contributed by atoms with Crippen LogP contribution in [0.25, 0.3) is 11.1 Å². The fourth-order valence-corrected chi connectivity index (χ4v) is 6.33. The molecule has 1 unspecified atom stereocenters. The van der Waals surface area contributed by atoms with Crippen LogP contribution in [0.5, 0.6) is 0 Å². The molecule has 46 heavy (non-hydrogen) atoms. The highest BCUT2D eigenvalue weighted by Gasteiger charge is 2.30. The molecule has 7 nitrogen and oxygen atoms in total. The Kier molecular flexibility index (Phi) is 11.6. The van der Waals surface area contributed by atoms with Crippen LogP contribution in [0.15, 0.2) is 109 Å². The van der Waals surface area contributed by atoms with Crippen LogP contribution in [0.3, 0.4) is 0 Å². The van der Waals surface area contributed by atoms with Crippen molar-refractivity contribution in [2.24, 2.45) is 0 Å². The molecule has 0 saturated carbocycles. The molecule has 1 atom stereocenters. The maximum atomic E-state index is 13.9. The monoisotopic (exact) mass is 620 g/mol. The zero-order chi connectivity index (χ0) is 32.3. The van der Waals surface area contributed by atoms with E-state index in [1.807, 2.05) is 74.5 Å². The predicted molar refractivity (Wildman–Crippen MR) is 181 cm³/mol. The summed E-state index contributed by atoms with van der Waals surface area (Å²) in [6, 6.07) is 36.2. The van der Waals surface area contributed by atoms with Crippen LogP contribution in [0.4, 0.5) is 4.79 Å². The van der Waals surface area contributed by atoms with Crippen LogP contribution in [0.2, 0.25) is 0 Å². The van der Waals surface area contributed by atoms with Gasteiger partial charge in [0.2, 0.25) is 5.91 Å². The molecule has 1 N–H and O–H groups in total. The van der Waals surface area contributed by atoms with E-state index in [1.54, 1.807) is 11.8 Å². The van der Waals surface area contributed by atoms with Gasteiger partial charge in [0.05, 0.1) is 6.54 Å². The van der Waals surface area contributed by atoms with E-state index in [-0.39, 0.29) is 30.9 Å². The van der Waals surface area contributed by atoms with Crippen LogP contribution in [-0.2, 0) is 19.0 Å². The van der Waals surface area contributed by atoms with Gasteiger partial charge >= 0.3 is 6.09 Å². The Balaban J connectivity index is 1.27. The Bertz CT molecular complexity index is 1470. The van der Waals surface area contributed by atoms with Gasteiger partial charge in [0.1, 0.15) is 12.6 Å². The van der Waals surface area contributed by atoms with Crippen molar-refractivity contribution in [2.45, 2.75) is 51.4 Å². The molecule has 0 aliphatic heterocycles. The Morgan fingerprint density at radius 1 is 0.739 bits per heavy atom. The first-order valence-electron chi connectivity index (χ1n) is 16.2. The van der Waals surface area contributed by atoms with Gasteiger partial charge in [0.25, 0.3) is 0 Å². The molecule has 0 heterocycles. The van der Waals surface area contributed by atoms with Crippen LogP contribution in [-0.4, -0.2) is 62.1 Å². The smallest absolute Gasteiger partial charge is 0.407 e. The molecule has 0 aromatic heterocycles. The van der Waals surface area contributed by atoms with E-state index in [0.29, 0.717) is 26.2 Å². The van der Waals surface area contributed by atoms with Crippen LogP contribution in [0.1, 0.15) is 61.3 Å². The first kappa shape index (κ1) is 32.9. The summed E-state index contributed by atoms with van der Waals surface area (Å²) >= 11 is 0. The lowest BCUT2D eigenvalue weighted by molar-refractivity contribution is -0.159. The Morgan fingerprint density at radius 3 is 1.76 bits per heavy atom. The number of nitrogens with zero attached hydrogens (tertiary/aromatic N) is 1. The second kappa shape index (κ2) is 16.2. The zero-order valence-corrected chi connectivity index (χ0v) is 26.9. The van der Waals surface area contributed by atoms with E-state index in [9.17, 15) is 9.59 Å². The molecule has 1 aliphatic carbocycles. The van der Waals surface area contributed by atoms with Crippen molar-refractivity contribution in [3.05, 3.63) is 131 Å². The van der Waals surface area contributed by atoms with Gasteiger partial charge in [0, 0.05) is 31.6 Å². The van der Waals surface area contributed by atoms with Gasteiger partial charge in [-0.05, 0) is 60.6 Å². The fraction of sp³-hybridized carbons (Fsp3) is 0.333. The SMILES string of the molecule is CCOC(CN(CCC(c1ccccc1)c1ccccc1)C(=O)C(C)NC(=O)OCC1c2ccccc2-c2ccccc21)OCC. The van der Waals surface area contributed by atoms with Gasteiger partial charge in [0.15, 0.2) is 6.29 Å². The quantitative estimate of drug-likeness (QED) is 0.141. The minimum absolute atomic E-state index is 0.0632. The second-order valence-corrected chi connectivity index (χ2v) is 11.5. The predicted octanol–water partition coefficient (Wildman–Crippen LogP) is 7.36. The number of nitrogens with one attached hydrogen (secondary N) is 1. The third-order valence-electron chi connectivity index (χ3n) is 8.53. The standard InChI is InChI=1S/C39H44N2O5/c1-4-44-37(45-5-2)26-41(25-24-31(29-16-8-6-9-17-29)30-18-10-7-11-19-30)38(42)28(3)40-39(43)46-27-36-34-22-14-12-20-32(34)33-21-13-15-23-35(33)36/h6-23,28,31,36-37H,4-5,24-27H2,1-3H3,(H,40,43). The van der Waals surface area contributed by atoms with E-state index in [0.717, 1.165) is 22.3 Å². The molecule has 1 aliphatic rings. The molecule has 5 rings (SSSR count). The summed E-state index contributed by atoms with van der Waals surface area (Å²) in [7, 11) is 0. The summed E-state index contributed by atoms with van der Waals surface area (Å²) in [5.41, 5.74) is 6.95. The highest BCUT2D eigenvalue weighted by molar-refractivity contribution is 5.85. The first-order valence-corrected chi connectivity index (χ1v) is 16.2. The van der Waals surface area contributed by atoms with Gasteiger partial charge < -0.3 is 24.4 Å². The highest BCUT2D eigenvalue weighted by atomic mass is 16.7. The lowest BCUT2D eigenvalue weighted by Gasteiger charge is -2.31. The number of rotatable bonds is 15. The van der Waals surface area contributed by atoms with E-state index < -0.39 is 18.4 Å². The molecule has 2 amide bonds. The van der Waals surface area contributed by atoms with E-state index in [4.69, 9.17) is 14.2 Å². The topological polar surface area (TPSA) is 77.1 Å². The van der Waals surface area contributed by atoms with Gasteiger partial charge in [-0.2, -0.15) is 0 Å². The van der Waals surface area contributed by atoms with Crippen LogP contribution in [0, 0.1) is 0 Å². The molecule has 7 heteroatoms. The summed E-state index contributed by atoms with van der Waals surface area (Å²) in [6.07, 6.45) is -0.518. The molecule has 0 spiro atoms. The summed E-state index contributed by atoms with van der Waals surface area (Å²) in [4.78, 5) is 28.8. The zero-order valence-electron chi connectivity index (χ0n) is 26.9. The van der Waals surface area contributed by atoms with Crippen molar-refractivity contribution in [1.82, 2.24) is 10.2 Å². The third-order valence-corrected chi connectivity index (χ3v) is 8.53. The number of fused-ring (bicyclic) bond motifs is 3. The summed E-state index contributed by atoms with van der Waals surface area (Å²) in [5.74, 6) is -0.203. The number of alkyl carbamates (subject to hydrolysis) is 1. The maximum absolute atomic E-state index is 13.9. The summed E-state index contributed by atoms with van der Waals surface area (Å²) < 4.78 is 17.4. The number of hydrogen-bond acceptors (Lipinski definition) is 5. The molecule has 0 radical (unpaired) electrons. The van der Waals surface area contributed by atoms with E-state index >= 15 is 0 Å². The minimum Gasteiger partial charge on any atom is -0.449 e. The Hall–Kier alpha value is -4.46. The van der Waals surface area contributed by atoms with E-state index in [2.05, 4.69) is 53.8 Å². The lowest BCUT2D eigenvalue weighted by atomic mass is 9.88. The van der Waals surface area contributed by atoms with Gasteiger partial charge in [-0.3, -0.25) is 4.79 Å². The highest BCUT2D eigenvalue weighted by Crippen LogP contribution is 2.44. The van der Waals surface area contributed by atoms with Crippen molar-refractivity contribution in [3.63, 3.8) is 0 Å². The Labute approximate surface area is 272 Å². The molecular weight excluding hydrogens is 576 g/mol. The fourth-order valence-electron chi connectivity index (χ4n) is 6.33. The minimum atomic E-state index is -0.813. The van der Waals surface area contributed by atoms with Crippen molar-refractivity contribution in [1.29, 1.82) is 0 Å². The first-order chi connectivity index (χ1) is 22.5. The second-order valence-electron chi connectivity index (χ2n) is 11.5. The van der Waals surface area contributed by atoms with Crippen molar-refractivity contribution in [2.75, 3.05) is 32.9 Å². The van der Waals surface area contributed by atoms with Gasteiger partial charge in [-0.1, -0.05) is 109 Å². The summed E-state index contributed by atoms with van der Waals surface area (Å²) in [5, 5.41) is 2.79. The Morgan fingerprint density at radius 2 is 1.24 bits per heavy atom.